The van der Waals surface area contributed by atoms with Gasteiger partial charge in [0.15, 0.2) is 5.96 Å². The van der Waals surface area contributed by atoms with Crippen LogP contribution in [0.15, 0.2) is 29.3 Å². The summed E-state index contributed by atoms with van der Waals surface area (Å²) < 4.78 is 0. The molecule has 2 N–H and O–H groups in total. The summed E-state index contributed by atoms with van der Waals surface area (Å²) in [4.78, 5) is 6.98. The molecule has 0 saturated heterocycles. The summed E-state index contributed by atoms with van der Waals surface area (Å²) in [7, 11) is 0. The molecule has 1 saturated carbocycles. The molecule has 3 rings (SSSR count). The van der Waals surface area contributed by atoms with Gasteiger partial charge in [-0.25, -0.2) is 4.99 Å². The summed E-state index contributed by atoms with van der Waals surface area (Å²) in [5.74, 6) is 0.905. The molecule has 1 aliphatic heterocycles. The molecule has 2 aliphatic rings. The van der Waals surface area contributed by atoms with E-state index in [0.29, 0.717) is 6.54 Å². The molecule has 0 radical (unpaired) electrons. The number of nitrogens with zero attached hydrogens (tertiary/aromatic N) is 2. The maximum atomic E-state index is 10.5. The lowest BCUT2D eigenvalue weighted by Crippen LogP contribution is -2.42. The van der Waals surface area contributed by atoms with Crippen LogP contribution in [-0.2, 0) is 6.42 Å². The van der Waals surface area contributed by atoms with Crippen LogP contribution in [0.3, 0.4) is 0 Å². The Labute approximate surface area is 150 Å². The monoisotopic (exact) mass is 415 g/mol. The molecule has 0 atom stereocenters. The Morgan fingerprint density at radius 3 is 2.77 bits per heavy atom. The average Bonchev–Trinajstić information content (AvgIpc) is 3.11. The van der Waals surface area contributed by atoms with E-state index in [1.807, 2.05) is 0 Å². The number of halogens is 1. The number of nitrogens with one attached hydrogen (secondary N) is 1. The number of fused-ring (bicyclic) bond motifs is 1. The van der Waals surface area contributed by atoms with E-state index >= 15 is 0 Å². The standard InChI is InChI=1S/C17H25N3O.HI/c1-2-18-16(19-13-17(21)10-5-6-11-17)20-12-9-14-7-3-4-8-15(14)20;/h3-4,7-8,21H,2,5-6,9-13H2,1H3,(H,18,19);1H. The van der Waals surface area contributed by atoms with Gasteiger partial charge in [0, 0.05) is 18.8 Å². The van der Waals surface area contributed by atoms with Gasteiger partial charge >= 0.3 is 0 Å². The number of rotatable bonds is 3. The number of aliphatic hydroxyl groups is 1. The second kappa shape index (κ2) is 7.64. The van der Waals surface area contributed by atoms with Crippen LogP contribution in [0.4, 0.5) is 5.69 Å². The number of anilines is 1. The molecular formula is C17H26IN3O. The number of hydrogen-bond acceptors (Lipinski definition) is 2. The zero-order chi connectivity index (χ0) is 14.7. The lowest BCUT2D eigenvalue weighted by Gasteiger charge is -2.25. The Hall–Kier alpha value is -0.820. The van der Waals surface area contributed by atoms with Crippen LogP contribution in [0.5, 0.6) is 0 Å². The van der Waals surface area contributed by atoms with E-state index in [-0.39, 0.29) is 24.0 Å². The van der Waals surface area contributed by atoms with Crippen molar-refractivity contribution >= 4 is 35.6 Å². The van der Waals surface area contributed by atoms with Gasteiger partial charge in [0.25, 0.3) is 0 Å². The third kappa shape index (κ3) is 3.74. The number of aliphatic imine (C=N–C) groups is 1. The minimum absolute atomic E-state index is 0. The highest BCUT2D eigenvalue weighted by atomic mass is 127. The lowest BCUT2D eigenvalue weighted by atomic mass is 10.0. The van der Waals surface area contributed by atoms with E-state index in [1.54, 1.807) is 0 Å². The fourth-order valence-electron chi connectivity index (χ4n) is 3.37. The Morgan fingerprint density at radius 2 is 2.05 bits per heavy atom. The first-order chi connectivity index (χ1) is 10.2. The highest BCUT2D eigenvalue weighted by Crippen LogP contribution is 2.30. The summed E-state index contributed by atoms with van der Waals surface area (Å²) in [5, 5.41) is 13.9. The molecule has 1 fully saturated rings. The van der Waals surface area contributed by atoms with Crippen molar-refractivity contribution in [2.45, 2.75) is 44.6 Å². The first kappa shape index (κ1) is 17.5. The first-order valence-electron chi connectivity index (χ1n) is 8.08. The molecule has 4 nitrogen and oxygen atoms in total. The van der Waals surface area contributed by atoms with Crippen LogP contribution in [0.2, 0.25) is 0 Å². The van der Waals surface area contributed by atoms with Gasteiger partial charge in [-0.2, -0.15) is 0 Å². The van der Waals surface area contributed by atoms with E-state index in [2.05, 4.69) is 41.4 Å². The van der Waals surface area contributed by atoms with Crippen molar-refractivity contribution in [3.8, 4) is 0 Å². The Bertz CT molecular complexity index is 526. The highest BCUT2D eigenvalue weighted by Gasteiger charge is 2.31. The minimum atomic E-state index is -0.583. The molecule has 1 heterocycles. The van der Waals surface area contributed by atoms with Crippen LogP contribution in [-0.4, -0.2) is 36.3 Å². The van der Waals surface area contributed by atoms with Crippen molar-refractivity contribution in [1.82, 2.24) is 5.32 Å². The summed E-state index contributed by atoms with van der Waals surface area (Å²) in [6.07, 6.45) is 5.06. The number of guanidine groups is 1. The first-order valence-corrected chi connectivity index (χ1v) is 8.08. The van der Waals surface area contributed by atoms with Crippen LogP contribution in [0, 0.1) is 0 Å². The largest absolute Gasteiger partial charge is 0.388 e. The predicted octanol–water partition coefficient (Wildman–Crippen LogP) is 2.94. The minimum Gasteiger partial charge on any atom is -0.388 e. The van der Waals surface area contributed by atoms with Gasteiger partial charge < -0.3 is 15.3 Å². The smallest absolute Gasteiger partial charge is 0.198 e. The van der Waals surface area contributed by atoms with Gasteiger partial charge in [0.1, 0.15) is 0 Å². The summed E-state index contributed by atoms with van der Waals surface area (Å²) in [5.41, 5.74) is 2.04. The van der Waals surface area contributed by atoms with Gasteiger partial charge in [0.05, 0.1) is 12.1 Å². The average molecular weight is 415 g/mol. The normalized spacial score (nSPS) is 19.7. The molecule has 0 unspecified atom stereocenters. The van der Waals surface area contributed by atoms with E-state index in [4.69, 9.17) is 4.99 Å². The fourth-order valence-corrected chi connectivity index (χ4v) is 3.37. The van der Waals surface area contributed by atoms with Crippen molar-refractivity contribution in [2.24, 2.45) is 4.99 Å². The topological polar surface area (TPSA) is 47.9 Å². The van der Waals surface area contributed by atoms with Gasteiger partial charge in [-0.15, -0.1) is 24.0 Å². The molecule has 1 aliphatic carbocycles. The van der Waals surface area contributed by atoms with Crippen LogP contribution >= 0.6 is 24.0 Å². The second-order valence-corrected chi connectivity index (χ2v) is 6.13. The van der Waals surface area contributed by atoms with Crippen molar-refractivity contribution in [2.75, 3.05) is 24.5 Å². The molecule has 5 heteroatoms. The second-order valence-electron chi connectivity index (χ2n) is 6.13. The van der Waals surface area contributed by atoms with Crippen molar-refractivity contribution < 1.29 is 5.11 Å². The molecule has 22 heavy (non-hydrogen) atoms. The summed E-state index contributed by atoms with van der Waals surface area (Å²) in [6, 6.07) is 8.50. The van der Waals surface area contributed by atoms with E-state index in [9.17, 15) is 5.11 Å². The maximum Gasteiger partial charge on any atom is 0.198 e. The number of para-hydroxylation sites is 1. The molecule has 0 amide bonds. The van der Waals surface area contributed by atoms with Crippen LogP contribution in [0.1, 0.15) is 38.2 Å². The van der Waals surface area contributed by atoms with Crippen LogP contribution in [0.25, 0.3) is 0 Å². The quantitative estimate of drug-likeness (QED) is 0.454. The van der Waals surface area contributed by atoms with Gasteiger partial charge in [-0.3, -0.25) is 0 Å². The molecule has 0 spiro atoms. The molecule has 1 aromatic carbocycles. The number of hydrogen-bond donors (Lipinski definition) is 2. The van der Waals surface area contributed by atoms with E-state index < -0.39 is 5.60 Å². The highest BCUT2D eigenvalue weighted by molar-refractivity contribution is 14.0. The van der Waals surface area contributed by atoms with E-state index in [0.717, 1.165) is 51.2 Å². The van der Waals surface area contributed by atoms with Crippen LogP contribution < -0.4 is 10.2 Å². The number of benzene rings is 1. The summed E-state index contributed by atoms with van der Waals surface area (Å²) >= 11 is 0. The third-order valence-corrected chi connectivity index (χ3v) is 4.54. The zero-order valence-corrected chi connectivity index (χ0v) is 15.5. The molecule has 1 aromatic rings. The van der Waals surface area contributed by atoms with Gasteiger partial charge in [-0.1, -0.05) is 31.0 Å². The van der Waals surface area contributed by atoms with Gasteiger partial charge in [-0.05, 0) is 37.8 Å². The SMILES string of the molecule is CCNC(=NCC1(O)CCCC1)N1CCc2ccccc21.I. The van der Waals surface area contributed by atoms with Crippen molar-refractivity contribution in [1.29, 1.82) is 0 Å². The zero-order valence-electron chi connectivity index (χ0n) is 13.2. The van der Waals surface area contributed by atoms with Crippen molar-refractivity contribution in [3.63, 3.8) is 0 Å². The molecule has 122 valence electrons. The Balaban J connectivity index is 0.00000176. The molecule has 0 bridgehead atoms. The Morgan fingerprint density at radius 1 is 1.32 bits per heavy atom. The Kier molecular flexibility index (Phi) is 6.09. The predicted molar refractivity (Wildman–Crippen MR) is 102 cm³/mol. The lowest BCUT2D eigenvalue weighted by molar-refractivity contribution is 0.0574. The summed E-state index contributed by atoms with van der Waals surface area (Å²) in [6.45, 7) is 4.40. The van der Waals surface area contributed by atoms with E-state index in [1.165, 1.54) is 11.3 Å². The molecular weight excluding hydrogens is 389 g/mol. The van der Waals surface area contributed by atoms with Gasteiger partial charge in [0.2, 0.25) is 0 Å². The molecule has 0 aromatic heterocycles. The van der Waals surface area contributed by atoms with Crippen molar-refractivity contribution in [3.05, 3.63) is 29.8 Å². The fraction of sp³-hybridized carbons (Fsp3) is 0.588. The third-order valence-electron chi connectivity index (χ3n) is 4.54. The maximum absolute atomic E-state index is 10.5.